The summed E-state index contributed by atoms with van der Waals surface area (Å²) in [5.41, 5.74) is 0.680. The molecule has 7 nitrogen and oxygen atoms in total. The minimum Gasteiger partial charge on any atom is -0.491 e. The Labute approximate surface area is 156 Å². The number of rotatable bonds is 6. The van der Waals surface area contributed by atoms with Crippen LogP contribution in [0.2, 0.25) is 0 Å². The number of thiocarbonyl (C=S) groups is 1. The Morgan fingerprint density at radius 3 is 2.58 bits per heavy atom. The highest BCUT2D eigenvalue weighted by atomic mass is 32.1. The largest absolute Gasteiger partial charge is 0.491 e. The number of benzene rings is 2. The Kier molecular flexibility index (Phi) is 6.62. The van der Waals surface area contributed by atoms with E-state index in [0.717, 1.165) is 12.2 Å². The number of amides is 1. The first-order valence-corrected chi connectivity index (χ1v) is 8.43. The van der Waals surface area contributed by atoms with Gasteiger partial charge in [0.25, 0.3) is 11.6 Å². The van der Waals surface area contributed by atoms with Crippen LogP contribution in [0.4, 0.5) is 11.4 Å². The normalized spacial score (nSPS) is 11.3. The lowest BCUT2D eigenvalue weighted by atomic mass is 10.2. The highest BCUT2D eigenvalue weighted by Crippen LogP contribution is 2.18. The van der Waals surface area contributed by atoms with Gasteiger partial charge in [0.15, 0.2) is 5.11 Å². The highest BCUT2D eigenvalue weighted by Gasteiger charge is 2.12. The summed E-state index contributed by atoms with van der Waals surface area (Å²) in [5.74, 6) is 0.222. The number of carbonyl (C=O) groups is 1. The van der Waals surface area contributed by atoms with Crippen molar-refractivity contribution < 1.29 is 14.5 Å². The summed E-state index contributed by atoms with van der Waals surface area (Å²) in [6.07, 6.45) is 1.04. The molecule has 1 unspecified atom stereocenters. The van der Waals surface area contributed by atoms with E-state index in [1.54, 1.807) is 24.3 Å². The fourth-order valence-corrected chi connectivity index (χ4v) is 2.24. The van der Waals surface area contributed by atoms with E-state index in [9.17, 15) is 14.9 Å². The Morgan fingerprint density at radius 1 is 1.27 bits per heavy atom. The van der Waals surface area contributed by atoms with Gasteiger partial charge in [-0.05, 0) is 55.9 Å². The molecule has 0 radical (unpaired) electrons. The number of nitro groups is 1. The molecule has 0 saturated carbocycles. The van der Waals surface area contributed by atoms with Gasteiger partial charge < -0.3 is 10.1 Å². The lowest BCUT2D eigenvalue weighted by Crippen LogP contribution is -2.34. The quantitative estimate of drug-likeness (QED) is 0.453. The summed E-state index contributed by atoms with van der Waals surface area (Å²) in [6, 6.07) is 12.6. The van der Waals surface area contributed by atoms with Gasteiger partial charge in [0.1, 0.15) is 5.75 Å². The molecule has 2 rings (SSSR count). The minimum absolute atomic E-state index is 0.0945. The topological polar surface area (TPSA) is 93.5 Å². The van der Waals surface area contributed by atoms with Crippen molar-refractivity contribution in [3.8, 4) is 5.75 Å². The van der Waals surface area contributed by atoms with Crippen molar-refractivity contribution in [1.29, 1.82) is 0 Å². The van der Waals surface area contributed by atoms with Gasteiger partial charge in [-0.15, -0.1) is 0 Å². The molecule has 26 heavy (non-hydrogen) atoms. The van der Waals surface area contributed by atoms with E-state index in [2.05, 4.69) is 10.6 Å². The molecule has 0 saturated heterocycles. The summed E-state index contributed by atoms with van der Waals surface area (Å²) in [6.45, 7) is 4.04. The van der Waals surface area contributed by atoms with Crippen LogP contribution in [0.25, 0.3) is 0 Å². The van der Waals surface area contributed by atoms with Gasteiger partial charge in [0.05, 0.1) is 11.0 Å². The van der Waals surface area contributed by atoms with Crippen molar-refractivity contribution in [2.45, 2.75) is 26.4 Å². The van der Waals surface area contributed by atoms with Crippen LogP contribution in [-0.4, -0.2) is 22.0 Å². The van der Waals surface area contributed by atoms with Crippen LogP contribution in [0, 0.1) is 10.1 Å². The molecule has 0 spiro atoms. The monoisotopic (exact) mass is 373 g/mol. The van der Waals surface area contributed by atoms with Crippen LogP contribution < -0.4 is 15.4 Å². The first-order valence-electron chi connectivity index (χ1n) is 8.02. The molecule has 0 aliphatic carbocycles. The number of ether oxygens (including phenoxy) is 1. The van der Waals surface area contributed by atoms with Gasteiger partial charge in [-0.3, -0.25) is 20.2 Å². The number of hydrogen-bond acceptors (Lipinski definition) is 5. The second kappa shape index (κ2) is 8.91. The number of non-ortho nitro benzene ring substituents is 1. The second-order valence-corrected chi connectivity index (χ2v) is 5.99. The van der Waals surface area contributed by atoms with E-state index in [1.807, 2.05) is 13.8 Å². The van der Waals surface area contributed by atoms with Gasteiger partial charge in [-0.25, -0.2) is 0 Å². The lowest BCUT2D eigenvalue weighted by Gasteiger charge is -2.13. The van der Waals surface area contributed by atoms with E-state index < -0.39 is 10.8 Å². The third-order valence-electron chi connectivity index (χ3n) is 3.57. The fraction of sp³-hybridized carbons (Fsp3) is 0.222. The molecule has 0 aliphatic heterocycles. The molecule has 2 aromatic carbocycles. The average Bonchev–Trinajstić information content (AvgIpc) is 2.63. The molecule has 2 aromatic rings. The highest BCUT2D eigenvalue weighted by molar-refractivity contribution is 7.80. The predicted octanol–water partition coefficient (Wildman–Crippen LogP) is 3.90. The fourth-order valence-electron chi connectivity index (χ4n) is 2.03. The summed E-state index contributed by atoms with van der Waals surface area (Å²) < 4.78 is 5.69. The van der Waals surface area contributed by atoms with Crippen molar-refractivity contribution in [2.24, 2.45) is 0 Å². The van der Waals surface area contributed by atoms with Crippen molar-refractivity contribution in [3.05, 3.63) is 64.2 Å². The van der Waals surface area contributed by atoms with Gasteiger partial charge in [-0.2, -0.15) is 0 Å². The van der Waals surface area contributed by atoms with Gasteiger partial charge in [0.2, 0.25) is 0 Å². The van der Waals surface area contributed by atoms with Crippen molar-refractivity contribution >= 4 is 34.6 Å². The van der Waals surface area contributed by atoms with Crippen LogP contribution in [-0.2, 0) is 0 Å². The zero-order valence-electron chi connectivity index (χ0n) is 14.4. The summed E-state index contributed by atoms with van der Waals surface area (Å²) in [4.78, 5) is 22.4. The van der Waals surface area contributed by atoms with Crippen LogP contribution in [0.5, 0.6) is 5.75 Å². The first-order chi connectivity index (χ1) is 12.4. The maximum atomic E-state index is 12.1. The van der Waals surface area contributed by atoms with Crippen molar-refractivity contribution in [1.82, 2.24) is 5.32 Å². The molecule has 2 N–H and O–H groups in total. The number of nitrogens with one attached hydrogen (secondary N) is 2. The lowest BCUT2D eigenvalue weighted by molar-refractivity contribution is -0.384. The SMILES string of the molecule is CCC(C)Oc1ccc(NC(=S)NC(=O)c2cccc([N+](=O)[O-])c2)cc1. The third-order valence-corrected chi connectivity index (χ3v) is 3.77. The molecule has 0 bridgehead atoms. The van der Waals surface area contributed by atoms with Gasteiger partial charge >= 0.3 is 0 Å². The predicted molar refractivity (Wildman–Crippen MR) is 104 cm³/mol. The molecule has 0 heterocycles. The van der Waals surface area contributed by atoms with Crippen LogP contribution >= 0.6 is 12.2 Å². The number of anilines is 1. The van der Waals surface area contributed by atoms with Crippen LogP contribution in [0.15, 0.2) is 48.5 Å². The third kappa shape index (κ3) is 5.52. The van der Waals surface area contributed by atoms with Gasteiger partial charge in [0, 0.05) is 23.4 Å². The van der Waals surface area contributed by atoms with E-state index >= 15 is 0 Å². The van der Waals surface area contributed by atoms with E-state index in [0.29, 0.717) is 5.69 Å². The Balaban J connectivity index is 1.94. The Morgan fingerprint density at radius 2 is 1.96 bits per heavy atom. The van der Waals surface area contributed by atoms with Crippen LogP contribution in [0.3, 0.4) is 0 Å². The number of hydrogen-bond donors (Lipinski definition) is 2. The maximum Gasteiger partial charge on any atom is 0.270 e. The van der Waals surface area contributed by atoms with Crippen molar-refractivity contribution in [2.75, 3.05) is 5.32 Å². The van der Waals surface area contributed by atoms with Crippen molar-refractivity contribution in [3.63, 3.8) is 0 Å². The molecular weight excluding hydrogens is 354 g/mol. The maximum absolute atomic E-state index is 12.1. The summed E-state index contributed by atoms with van der Waals surface area (Å²) in [7, 11) is 0. The van der Waals surface area contributed by atoms with E-state index in [-0.39, 0.29) is 22.5 Å². The average molecular weight is 373 g/mol. The zero-order valence-corrected chi connectivity index (χ0v) is 15.2. The molecule has 136 valence electrons. The number of carbonyl (C=O) groups excluding carboxylic acids is 1. The molecular formula is C18H19N3O4S. The number of nitrogens with zero attached hydrogens (tertiary/aromatic N) is 1. The van der Waals surface area contributed by atoms with E-state index in [1.165, 1.54) is 24.3 Å². The molecule has 0 aliphatic rings. The zero-order chi connectivity index (χ0) is 19.1. The van der Waals surface area contributed by atoms with E-state index in [4.69, 9.17) is 17.0 Å². The Bertz CT molecular complexity index is 808. The standard InChI is InChI=1S/C18H19N3O4S/c1-3-12(2)25-16-9-7-14(8-10-16)19-18(26)20-17(22)13-5-4-6-15(11-13)21(23)24/h4-12H,3H2,1-2H3,(H2,19,20,22,26). The van der Waals surface area contributed by atoms with Gasteiger partial charge in [-0.1, -0.05) is 13.0 Å². The second-order valence-electron chi connectivity index (χ2n) is 5.58. The first kappa shape index (κ1) is 19.3. The number of nitro benzene ring substituents is 1. The summed E-state index contributed by atoms with van der Waals surface area (Å²) >= 11 is 5.11. The summed E-state index contributed by atoms with van der Waals surface area (Å²) in [5, 5.41) is 16.3. The molecule has 1 atom stereocenters. The van der Waals surface area contributed by atoms with Crippen LogP contribution in [0.1, 0.15) is 30.6 Å². The minimum atomic E-state index is -0.559. The Hall–Kier alpha value is -3.00. The molecule has 8 heteroatoms. The smallest absolute Gasteiger partial charge is 0.270 e. The molecule has 0 aromatic heterocycles. The molecule has 0 fully saturated rings. The molecule has 1 amide bonds.